The molecule has 1 aromatic rings. The van der Waals surface area contributed by atoms with Gasteiger partial charge < -0.3 is 15.1 Å². The minimum Gasteiger partial charge on any atom is -0.346 e. The quantitative estimate of drug-likeness (QED) is 0.735. The maximum absolute atomic E-state index is 6.25. The monoisotopic (exact) mass is 379 g/mol. The lowest BCUT2D eigenvalue weighted by molar-refractivity contribution is 0.176. The molecule has 0 aliphatic carbocycles. The van der Waals surface area contributed by atoms with Gasteiger partial charge in [0.1, 0.15) is 0 Å². The second-order valence-corrected chi connectivity index (χ2v) is 8.17. The molecule has 2 aliphatic rings. The Balaban J connectivity index is 1.59. The summed E-state index contributed by atoms with van der Waals surface area (Å²) in [5.41, 5.74) is 2.09. The van der Waals surface area contributed by atoms with E-state index in [0.717, 1.165) is 27.9 Å². The third-order valence-corrected chi connectivity index (χ3v) is 6.37. The van der Waals surface area contributed by atoms with E-state index in [1.54, 1.807) is 0 Å². The summed E-state index contributed by atoms with van der Waals surface area (Å²) in [6, 6.07) is 6.52. The first-order valence-corrected chi connectivity index (χ1v) is 10.5. The first-order valence-electron chi connectivity index (χ1n) is 9.70. The summed E-state index contributed by atoms with van der Waals surface area (Å²) >= 11 is 12.0. The fourth-order valence-electron chi connectivity index (χ4n) is 4.01. The summed E-state index contributed by atoms with van der Waals surface area (Å²) in [5.74, 6) is 0. The molecule has 2 saturated heterocycles. The van der Waals surface area contributed by atoms with Gasteiger partial charge in [-0.05, 0) is 88.5 Å². The first-order chi connectivity index (χ1) is 12.1. The van der Waals surface area contributed by atoms with Crippen LogP contribution in [-0.4, -0.2) is 47.1 Å². The van der Waals surface area contributed by atoms with Crippen molar-refractivity contribution in [3.05, 3.63) is 28.8 Å². The highest BCUT2D eigenvalue weighted by atomic mass is 35.5. The number of benzene rings is 1. The van der Waals surface area contributed by atoms with Crippen molar-refractivity contribution in [1.82, 2.24) is 9.80 Å². The molecule has 0 bridgehead atoms. The van der Waals surface area contributed by atoms with Crippen molar-refractivity contribution in [3.63, 3.8) is 0 Å². The smallest absolute Gasteiger partial charge is 0.173 e. The summed E-state index contributed by atoms with van der Waals surface area (Å²) < 4.78 is 0. The zero-order chi connectivity index (χ0) is 17.6. The standard InChI is InChI=1S/C20H30ClN3S/c1-16-18(21)9-7-10-19(16)22-20(25)24-14-6-3-8-17(24)11-15-23-12-4-2-5-13-23/h7,9-10,17H,2-6,8,11-15H2,1H3,(H,22,25). The van der Waals surface area contributed by atoms with Gasteiger partial charge in [0.15, 0.2) is 5.11 Å². The van der Waals surface area contributed by atoms with Crippen LogP contribution in [-0.2, 0) is 0 Å². The Morgan fingerprint density at radius 1 is 1.16 bits per heavy atom. The molecule has 3 rings (SSSR count). The molecule has 0 spiro atoms. The number of nitrogens with zero attached hydrogens (tertiary/aromatic N) is 2. The Morgan fingerprint density at radius 3 is 2.72 bits per heavy atom. The molecule has 2 heterocycles. The number of thiocarbonyl (C=S) groups is 1. The number of anilines is 1. The molecule has 1 atom stereocenters. The largest absolute Gasteiger partial charge is 0.346 e. The fourth-order valence-corrected chi connectivity index (χ4v) is 4.54. The molecule has 1 aromatic carbocycles. The second kappa shape index (κ2) is 9.20. The zero-order valence-corrected chi connectivity index (χ0v) is 16.8. The third kappa shape index (κ3) is 5.08. The van der Waals surface area contributed by atoms with Crippen LogP contribution >= 0.6 is 23.8 Å². The SMILES string of the molecule is Cc1c(Cl)cccc1NC(=S)N1CCCCC1CCN1CCCCC1. The van der Waals surface area contributed by atoms with Crippen molar-refractivity contribution >= 4 is 34.6 Å². The van der Waals surface area contributed by atoms with Crippen molar-refractivity contribution < 1.29 is 0 Å². The van der Waals surface area contributed by atoms with E-state index in [0.29, 0.717) is 6.04 Å². The summed E-state index contributed by atoms with van der Waals surface area (Å²) in [6.07, 6.45) is 9.15. The Hall–Kier alpha value is -0.840. The van der Waals surface area contributed by atoms with Crippen molar-refractivity contribution in [2.45, 2.75) is 57.9 Å². The van der Waals surface area contributed by atoms with Crippen LogP contribution in [0.3, 0.4) is 0 Å². The Bertz CT molecular complexity index is 586. The lowest BCUT2D eigenvalue weighted by Gasteiger charge is -2.39. The van der Waals surface area contributed by atoms with Crippen molar-refractivity contribution in [1.29, 1.82) is 0 Å². The van der Waals surface area contributed by atoms with E-state index < -0.39 is 0 Å². The molecule has 0 amide bonds. The molecule has 0 saturated carbocycles. The highest BCUT2D eigenvalue weighted by Gasteiger charge is 2.25. The van der Waals surface area contributed by atoms with Crippen LogP contribution in [0.4, 0.5) is 5.69 Å². The summed E-state index contributed by atoms with van der Waals surface area (Å²) in [6.45, 7) is 6.86. The highest BCUT2D eigenvalue weighted by Crippen LogP contribution is 2.26. The van der Waals surface area contributed by atoms with Gasteiger partial charge in [-0.3, -0.25) is 0 Å². The molecule has 2 aliphatic heterocycles. The lowest BCUT2D eigenvalue weighted by Crippen LogP contribution is -2.47. The number of hydrogen-bond donors (Lipinski definition) is 1. The molecule has 0 radical (unpaired) electrons. The molecule has 138 valence electrons. The highest BCUT2D eigenvalue weighted by molar-refractivity contribution is 7.80. The summed E-state index contributed by atoms with van der Waals surface area (Å²) in [4.78, 5) is 5.05. The van der Waals surface area contributed by atoms with E-state index in [4.69, 9.17) is 23.8 Å². The van der Waals surface area contributed by atoms with Gasteiger partial charge in [-0.2, -0.15) is 0 Å². The van der Waals surface area contributed by atoms with Crippen LogP contribution in [0.25, 0.3) is 0 Å². The minimum atomic E-state index is 0.565. The third-order valence-electron chi connectivity index (χ3n) is 5.62. The second-order valence-electron chi connectivity index (χ2n) is 7.38. The number of piperidine rings is 2. The van der Waals surface area contributed by atoms with Crippen molar-refractivity contribution in [2.75, 3.05) is 31.5 Å². The molecule has 2 fully saturated rings. The number of hydrogen-bond acceptors (Lipinski definition) is 2. The topological polar surface area (TPSA) is 18.5 Å². The summed E-state index contributed by atoms with van der Waals surface area (Å²) in [5, 5.41) is 5.09. The van der Waals surface area contributed by atoms with E-state index >= 15 is 0 Å². The van der Waals surface area contributed by atoms with Gasteiger partial charge in [-0.15, -0.1) is 0 Å². The number of halogens is 1. The van der Waals surface area contributed by atoms with Crippen molar-refractivity contribution in [2.24, 2.45) is 0 Å². The van der Waals surface area contributed by atoms with Gasteiger partial charge in [-0.25, -0.2) is 0 Å². The van der Waals surface area contributed by atoms with Gasteiger partial charge >= 0.3 is 0 Å². The fraction of sp³-hybridized carbons (Fsp3) is 0.650. The van der Waals surface area contributed by atoms with Crippen molar-refractivity contribution in [3.8, 4) is 0 Å². The van der Waals surface area contributed by atoms with E-state index in [2.05, 4.69) is 21.2 Å². The minimum absolute atomic E-state index is 0.565. The maximum Gasteiger partial charge on any atom is 0.173 e. The number of rotatable bonds is 4. The van der Waals surface area contributed by atoms with Crippen LogP contribution in [0.2, 0.25) is 5.02 Å². The first kappa shape index (κ1) is 18.9. The van der Waals surface area contributed by atoms with E-state index in [1.807, 2.05) is 19.1 Å². The van der Waals surface area contributed by atoms with E-state index in [-0.39, 0.29) is 0 Å². The van der Waals surface area contributed by atoms with Crippen LogP contribution in [0, 0.1) is 6.92 Å². The Morgan fingerprint density at radius 2 is 1.92 bits per heavy atom. The molecule has 1 unspecified atom stereocenters. The lowest BCUT2D eigenvalue weighted by atomic mass is 9.99. The van der Waals surface area contributed by atoms with Crippen LogP contribution in [0.5, 0.6) is 0 Å². The van der Waals surface area contributed by atoms with Gasteiger partial charge in [-0.1, -0.05) is 24.1 Å². The van der Waals surface area contributed by atoms with Crippen LogP contribution in [0.15, 0.2) is 18.2 Å². The molecule has 0 aromatic heterocycles. The molecular formula is C20H30ClN3S. The predicted octanol–water partition coefficient (Wildman–Crippen LogP) is 5.08. The average molecular weight is 380 g/mol. The van der Waals surface area contributed by atoms with Gasteiger partial charge in [0.2, 0.25) is 0 Å². The molecule has 1 N–H and O–H groups in total. The van der Waals surface area contributed by atoms with E-state index in [1.165, 1.54) is 64.6 Å². The zero-order valence-electron chi connectivity index (χ0n) is 15.3. The molecule has 3 nitrogen and oxygen atoms in total. The van der Waals surface area contributed by atoms with Gasteiger partial charge in [0.25, 0.3) is 0 Å². The average Bonchev–Trinajstić information content (AvgIpc) is 2.65. The van der Waals surface area contributed by atoms with Gasteiger partial charge in [0, 0.05) is 29.8 Å². The molecule has 5 heteroatoms. The molecular weight excluding hydrogens is 350 g/mol. The van der Waals surface area contributed by atoms with Crippen LogP contribution < -0.4 is 5.32 Å². The normalized spacial score (nSPS) is 22.0. The molecule has 25 heavy (non-hydrogen) atoms. The maximum atomic E-state index is 6.25. The van der Waals surface area contributed by atoms with Crippen LogP contribution in [0.1, 0.15) is 50.5 Å². The number of likely N-dealkylation sites (tertiary alicyclic amines) is 2. The Kier molecular flexibility index (Phi) is 6.97. The van der Waals surface area contributed by atoms with E-state index in [9.17, 15) is 0 Å². The predicted molar refractivity (Wildman–Crippen MR) is 112 cm³/mol. The Labute approximate surface area is 162 Å². The van der Waals surface area contributed by atoms with Gasteiger partial charge in [0.05, 0.1) is 0 Å². The summed E-state index contributed by atoms with van der Waals surface area (Å²) in [7, 11) is 0. The number of nitrogens with one attached hydrogen (secondary N) is 1.